The second-order valence-electron chi connectivity index (χ2n) is 6.59. The minimum atomic E-state index is -1.06. The Hall–Kier alpha value is -2.33. The Morgan fingerprint density at radius 1 is 1.12 bits per heavy atom. The molecule has 0 aliphatic carbocycles. The summed E-state index contributed by atoms with van der Waals surface area (Å²) >= 11 is 5.85. The van der Waals surface area contributed by atoms with E-state index in [1.165, 1.54) is 5.56 Å². The third-order valence-corrected chi connectivity index (χ3v) is 3.97. The molecule has 4 nitrogen and oxygen atoms in total. The summed E-state index contributed by atoms with van der Waals surface area (Å²) in [7, 11) is 0. The van der Waals surface area contributed by atoms with Crippen LogP contribution in [0.5, 0.6) is 5.75 Å². The molecule has 0 aliphatic heterocycles. The van der Waals surface area contributed by atoms with Gasteiger partial charge in [-0.3, -0.25) is 4.79 Å². The first-order valence-corrected chi connectivity index (χ1v) is 8.54. The monoisotopic (exact) mass is 358 g/mol. The van der Waals surface area contributed by atoms with E-state index in [9.17, 15) is 4.79 Å². The van der Waals surface area contributed by atoms with Gasteiger partial charge >= 0.3 is 0 Å². The predicted molar refractivity (Wildman–Crippen MR) is 102 cm³/mol. The van der Waals surface area contributed by atoms with E-state index >= 15 is 0 Å². The molecule has 1 N–H and O–H groups in total. The molecule has 0 heterocycles. The highest BCUT2D eigenvalue weighted by Gasteiger charge is 2.29. The summed E-state index contributed by atoms with van der Waals surface area (Å²) < 4.78 is 5.72. The molecule has 1 amide bonds. The molecular weight excluding hydrogens is 336 g/mol. The summed E-state index contributed by atoms with van der Waals surface area (Å²) in [4.78, 5) is 12.3. The highest BCUT2D eigenvalue weighted by Crippen LogP contribution is 2.21. The third-order valence-electron chi connectivity index (χ3n) is 3.72. The molecule has 2 aromatic carbocycles. The molecule has 0 spiro atoms. The molecule has 0 aliphatic rings. The molecule has 0 atom stereocenters. The van der Waals surface area contributed by atoms with Crippen LogP contribution in [0.15, 0.2) is 53.6 Å². The number of benzene rings is 2. The van der Waals surface area contributed by atoms with Crippen molar-refractivity contribution < 1.29 is 9.53 Å². The predicted octanol–water partition coefficient (Wildman–Crippen LogP) is 4.77. The Morgan fingerprint density at radius 3 is 2.28 bits per heavy atom. The van der Waals surface area contributed by atoms with Crippen LogP contribution in [0.1, 0.15) is 44.7 Å². The molecule has 0 saturated heterocycles. The number of hydrogen-bond acceptors (Lipinski definition) is 3. The van der Waals surface area contributed by atoms with Gasteiger partial charge in [-0.25, -0.2) is 5.43 Å². The zero-order chi connectivity index (χ0) is 18.4. The molecule has 25 heavy (non-hydrogen) atoms. The maximum Gasteiger partial charge on any atom is 0.283 e. The van der Waals surface area contributed by atoms with Crippen LogP contribution in [0.25, 0.3) is 0 Å². The van der Waals surface area contributed by atoms with E-state index < -0.39 is 5.60 Å². The largest absolute Gasteiger partial charge is 0.478 e. The van der Waals surface area contributed by atoms with Crippen LogP contribution in [0.3, 0.4) is 0 Å². The fraction of sp³-hybridized carbons (Fsp3) is 0.300. The van der Waals surface area contributed by atoms with Crippen LogP contribution in [-0.2, 0) is 4.79 Å². The normalized spacial score (nSPS) is 11.8. The SMILES string of the molecule is CC(C)c1ccc(/C=N/NC(=O)C(C)(C)Oc2ccc(Cl)cc2)cc1. The van der Waals surface area contributed by atoms with Crippen LogP contribution in [0.4, 0.5) is 0 Å². The number of hydrazone groups is 1. The van der Waals surface area contributed by atoms with Crippen LogP contribution in [-0.4, -0.2) is 17.7 Å². The number of amides is 1. The topological polar surface area (TPSA) is 50.7 Å². The average Bonchev–Trinajstić information content (AvgIpc) is 2.57. The molecule has 0 aromatic heterocycles. The van der Waals surface area contributed by atoms with Gasteiger partial charge in [0.2, 0.25) is 0 Å². The van der Waals surface area contributed by atoms with Crippen LogP contribution < -0.4 is 10.2 Å². The average molecular weight is 359 g/mol. The second kappa shape index (κ2) is 8.17. The number of nitrogens with one attached hydrogen (secondary N) is 1. The first-order valence-electron chi connectivity index (χ1n) is 8.16. The fourth-order valence-electron chi connectivity index (χ4n) is 2.11. The number of carbonyl (C=O) groups is 1. The molecule has 0 unspecified atom stereocenters. The lowest BCUT2D eigenvalue weighted by atomic mass is 10.0. The van der Waals surface area contributed by atoms with Crippen molar-refractivity contribution in [3.8, 4) is 5.75 Å². The van der Waals surface area contributed by atoms with Crippen LogP contribution in [0.2, 0.25) is 5.02 Å². The van der Waals surface area contributed by atoms with Gasteiger partial charge in [0.05, 0.1) is 6.21 Å². The van der Waals surface area contributed by atoms with E-state index in [-0.39, 0.29) is 5.91 Å². The molecule has 0 saturated carbocycles. The lowest BCUT2D eigenvalue weighted by molar-refractivity contribution is -0.134. The standard InChI is InChI=1S/C20H23ClN2O2/c1-14(2)16-7-5-15(6-8-16)13-22-23-19(24)20(3,4)25-18-11-9-17(21)10-12-18/h5-14H,1-4H3,(H,23,24)/b22-13+. The van der Waals surface area contributed by atoms with Gasteiger partial charge in [-0.15, -0.1) is 0 Å². The highest BCUT2D eigenvalue weighted by atomic mass is 35.5. The highest BCUT2D eigenvalue weighted by molar-refractivity contribution is 6.30. The van der Waals surface area contributed by atoms with Gasteiger partial charge in [0.1, 0.15) is 5.75 Å². The van der Waals surface area contributed by atoms with Crippen LogP contribution >= 0.6 is 11.6 Å². The number of halogens is 1. The number of rotatable bonds is 6. The van der Waals surface area contributed by atoms with Crippen molar-refractivity contribution in [1.29, 1.82) is 0 Å². The second-order valence-corrected chi connectivity index (χ2v) is 7.02. The van der Waals surface area contributed by atoms with E-state index in [2.05, 4.69) is 36.5 Å². The van der Waals surface area contributed by atoms with Crippen molar-refractivity contribution in [2.45, 2.75) is 39.2 Å². The quantitative estimate of drug-likeness (QED) is 0.597. The maximum absolute atomic E-state index is 12.3. The van der Waals surface area contributed by atoms with Gasteiger partial charge in [-0.05, 0) is 55.2 Å². The summed E-state index contributed by atoms with van der Waals surface area (Å²) in [6.45, 7) is 7.66. The smallest absolute Gasteiger partial charge is 0.283 e. The number of carbonyl (C=O) groups excluding carboxylic acids is 1. The summed E-state index contributed by atoms with van der Waals surface area (Å²) in [5.41, 5.74) is 3.64. The zero-order valence-electron chi connectivity index (χ0n) is 14.9. The van der Waals surface area contributed by atoms with E-state index in [1.807, 2.05) is 12.1 Å². The minimum Gasteiger partial charge on any atom is -0.478 e. The number of ether oxygens (including phenoxy) is 1. The first-order chi connectivity index (χ1) is 11.8. The Kier molecular flexibility index (Phi) is 6.21. The first kappa shape index (κ1) is 19.0. The minimum absolute atomic E-state index is 0.336. The van der Waals surface area contributed by atoms with Crippen LogP contribution in [0, 0.1) is 0 Å². The lowest BCUT2D eigenvalue weighted by Gasteiger charge is -2.24. The van der Waals surface area contributed by atoms with Crippen molar-refractivity contribution in [3.05, 3.63) is 64.7 Å². The Balaban J connectivity index is 1.94. The summed E-state index contributed by atoms with van der Waals surface area (Å²) in [5.74, 6) is 0.715. The van der Waals surface area contributed by atoms with Crippen molar-refractivity contribution in [1.82, 2.24) is 5.43 Å². The van der Waals surface area contributed by atoms with Gasteiger partial charge in [0.25, 0.3) is 5.91 Å². The fourth-order valence-corrected chi connectivity index (χ4v) is 2.24. The van der Waals surface area contributed by atoms with E-state index in [1.54, 1.807) is 44.3 Å². The van der Waals surface area contributed by atoms with Gasteiger partial charge in [-0.1, -0.05) is 49.7 Å². The maximum atomic E-state index is 12.3. The molecule has 0 bridgehead atoms. The van der Waals surface area contributed by atoms with Gasteiger partial charge < -0.3 is 4.74 Å². The zero-order valence-corrected chi connectivity index (χ0v) is 15.7. The molecular formula is C20H23ClN2O2. The lowest BCUT2D eigenvalue weighted by Crippen LogP contribution is -2.44. The van der Waals surface area contributed by atoms with Crippen molar-refractivity contribution >= 4 is 23.7 Å². The summed E-state index contributed by atoms with van der Waals surface area (Å²) in [6.07, 6.45) is 1.61. The molecule has 0 radical (unpaired) electrons. The Morgan fingerprint density at radius 2 is 1.72 bits per heavy atom. The van der Waals surface area contributed by atoms with E-state index in [0.29, 0.717) is 16.7 Å². The van der Waals surface area contributed by atoms with Crippen molar-refractivity contribution in [2.75, 3.05) is 0 Å². The van der Waals surface area contributed by atoms with E-state index in [4.69, 9.17) is 16.3 Å². The summed E-state index contributed by atoms with van der Waals surface area (Å²) in [5, 5.41) is 4.63. The molecule has 132 valence electrons. The van der Waals surface area contributed by atoms with E-state index in [0.717, 1.165) is 5.56 Å². The Bertz CT molecular complexity index is 735. The van der Waals surface area contributed by atoms with Crippen molar-refractivity contribution in [3.63, 3.8) is 0 Å². The number of nitrogens with zero attached hydrogens (tertiary/aromatic N) is 1. The van der Waals surface area contributed by atoms with Gasteiger partial charge in [-0.2, -0.15) is 5.10 Å². The molecule has 5 heteroatoms. The van der Waals surface area contributed by atoms with Gasteiger partial charge in [0, 0.05) is 5.02 Å². The van der Waals surface area contributed by atoms with Crippen molar-refractivity contribution in [2.24, 2.45) is 5.10 Å². The third kappa shape index (κ3) is 5.61. The Labute approximate surface area is 153 Å². The molecule has 2 rings (SSSR count). The molecule has 0 fully saturated rings. The molecule has 2 aromatic rings. The number of hydrogen-bond donors (Lipinski definition) is 1. The van der Waals surface area contributed by atoms with Gasteiger partial charge in [0.15, 0.2) is 5.60 Å². The summed E-state index contributed by atoms with van der Waals surface area (Å²) in [6, 6.07) is 14.9.